The minimum absolute atomic E-state index is 0.115. The van der Waals surface area contributed by atoms with Crippen LogP contribution in [0.1, 0.15) is 27.0 Å². The second-order valence-corrected chi connectivity index (χ2v) is 9.00. The summed E-state index contributed by atoms with van der Waals surface area (Å²) in [5.41, 5.74) is 3.44. The van der Waals surface area contributed by atoms with Gasteiger partial charge in [0.1, 0.15) is 17.3 Å². The minimum atomic E-state index is -0.247. The number of piperazine rings is 1. The molecule has 0 saturated carbocycles. The molecule has 1 fully saturated rings. The molecule has 0 spiro atoms. The highest BCUT2D eigenvalue weighted by Gasteiger charge is 2.34. The van der Waals surface area contributed by atoms with Gasteiger partial charge in [-0.2, -0.15) is 0 Å². The summed E-state index contributed by atoms with van der Waals surface area (Å²) < 4.78 is 19.3. The van der Waals surface area contributed by atoms with Crippen LogP contribution in [0.25, 0.3) is 6.08 Å². The van der Waals surface area contributed by atoms with E-state index in [1.54, 1.807) is 37.3 Å². The van der Waals surface area contributed by atoms with E-state index >= 15 is 0 Å². The van der Waals surface area contributed by atoms with E-state index in [2.05, 4.69) is 9.80 Å². The fourth-order valence-corrected chi connectivity index (χ4v) is 4.70. The molecule has 3 aromatic carbocycles. The number of ether oxygens (including phenoxy) is 1. The topological polar surface area (TPSA) is 53.0 Å². The zero-order valence-electron chi connectivity index (χ0n) is 18.7. The van der Waals surface area contributed by atoms with Crippen LogP contribution in [0.3, 0.4) is 0 Å². The molecule has 2 heterocycles. The highest BCUT2D eigenvalue weighted by Crippen LogP contribution is 2.42. The molecule has 2 aliphatic rings. The van der Waals surface area contributed by atoms with Crippen molar-refractivity contribution in [3.63, 3.8) is 0 Å². The number of fused-ring (bicyclic) bond motifs is 1. The average Bonchev–Trinajstić information content (AvgIpc) is 3.15. The van der Waals surface area contributed by atoms with Gasteiger partial charge in [-0.15, -0.1) is 0 Å². The molecule has 0 bridgehead atoms. The van der Waals surface area contributed by atoms with Crippen molar-refractivity contribution in [1.29, 1.82) is 0 Å². The number of carbonyl (C=O) groups excluding carboxylic acids is 1. The maximum atomic E-state index is 13.2. The number of rotatable bonds is 4. The van der Waals surface area contributed by atoms with E-state index in [0.717, 1.165) is 31.9 Å². The van der Waals surface area contributed by atoms with Crippen LogP contribution in [0.15, 0.2) is 60.4 Å². The van der Waals surface area contributed by atoms with E-state index in [9.17, 15) is 14.3 Å². The van der Waals surface area contributed by atoms with Crippen LogP contribution in [-0.2, 0) is 6.54 Å². The third kappa shape index (κ3) is 4.27. The maximum absolute atomic E-state index is 13.2. The highest BCUT2D eigenvalue weighted by atomic mass is 35.5. The number of ketones is 1. The van der Waals surface area contributed by atoms with Gasteiger partial charge in [-0.05, 0) is 60.5 Å². The second kappa shape index (κ2) is 9.12. The number of hydrogen-bond donors (Lipinski definition) is 1. The van der Waals surface area contributed by atoms with Crippen molar-refractivity contribution in [2.24, 2.45) is 0 Å². The molecule has 1 N–H and O–H groups in total. The molecule has 0 atom stereocenters. The Morgan fingerprint density at radius 1 is 1.09 bits per heavy atom. The molecular weight excluding hydrogens is 455 g/mol. The molecule has 1 saturated heterocycles. The molecule has 174 valence electrons. The number of hydrogen-bond acceptors (Lipinski definition) is 5. The standard InChI is InChI=1S/C27H24ClFN2O3/c1-17-14-23(32)21(16-30-10-12-31(13-11-30)20-8-6-19(29)7-9-20)27-25(17)26(33)24(34-27)15-18-4-2-3-5-22(18)28/h2-9,14-15,32H,10-13,16H2,1H3/b24-15-. The third-order valence-electron chi connectivity index (χ3n) is 6.36. The van der Waals surface area contributed by atoms with Crippen molar-refractivity contribution < 1.29 is 19.0 Å². The van der Waals surface area contributed by atoms with Crippen molar-refractivity contribution in [2.45, 2.75) is 13.5 Å². The molecule has 7 heteroatoms. The fraction of sp³-hybridized carbons (Fsp3) is 0.222. The van der Waals surface area contributed by atoms with Gasteiger partial charge in [0.25, 0.3) is 0 Å². The fourth-order valence-electron chi connectivity index (χ4n) is 4.51. The Morgan fingerprint density at radius 3 is 2.50 bits per heavy atom. The van der Waals surface area contributed by atoms with Crippen LogP contribution in [0.4, 0.5) is 10.1 Å². The van der Waals surface area contributed by atoms with E-state index in [0.29, 0.717) is 39.6 Å². The molecule has 5 rings (SSSR count). The normalized spacial score (nSPS) is 17.2. The first kappa shape index (κ1) is 22.4. The Morgan fingerprint density at radius 2 is 1.79 bits per heavy atom. The van der Waals surface area contributed by atoms with E-state index in [-0.39, 0.29) is 23.1 Å². The van der Waals surface area contributed by atoms with Crippen molar-refractivity contribution in [3.8, 4) is 11.5 Å². The third-order valence-corrected chi connectivity index (χ3v) is 6.70. The number of anilines is 1. The Labute approximate surface area is 202 Å². The summed E-state index contributed by atoms with van der Waals surface area (Å²) in [7, 11) is 0. The first-order chi connectivity index (χ1) is 16.4. The van der Waals surface area contributed by atoms with Crippen LogP contribution in [0, 0.1) is 12.7 Å². The number of nitrogens with zero attached hydrogens (tertiary/aromatic N) is 2. The lowest BCUT2D eigenvalue weighted by Crippen LogP contribution is -2.46. The van der Waals surface area contributed by atoms with Crippen LogP contribution in [0.2, 0.25) is 5.02 Å². The van der Waals surface area contributed by atoms with E-state index in [1.165, 1.54) is 12.1 Å². The van der Waals surface area contributed by atoms with Gasteiger partial charge >= 0.3 is 0 Å². The second-order valence-electron chi connectivity index (χ2n) is 8.60. The van der Waals surface area contributed by atoms with E-state index in [4.69, 9.17) is 16.3 Å². The van der Waals surface area contributed by atoms with Crippen molar-refractivity contribution >= 4 is 29.1 Å². The number of benzene rings is 3. The predicted octanol–water partition coefficient (Wildman–Crippen LogP) is 5.43. The summed E-state index contributed by atoms with van der Waals surface area (Å²) >= 11 is 6.26. The average molecular weight is 479 g/mol. The van der Waals surface area contributed by atoms with Gasteiger partial charge in [-0.1, -0.05) is 29.8 Å². The summed E-state index contributed by atoms with van der Waals surface area (Å²) in [4.78, 5) is 17.6. The van der Waals surface area contributed by atoms with Gasteiger partial charge in [0.05, 0.1) is 11.1 Å². The molecule has 0 radical (unpaired) electrons. The first-order valence-corrected chi connectivity index (χ1v) is 11.6. The maximum Gasteiger partial charge on any atom is 0.232 e. The monoisotopic (exact) mass is 478 g/mol. The first-order valence-electron chi connectivity index (χ1n) is 11.2. The van der Waals surface area contributed by atoms with E-state index in [1.807, 2.05) is 18.2 Å². The lowest BCUT2D eigenvalue weighted by atomic mass is 9.99. The number of aromatic hydroxyl groups is 1. The number of phenolic OH excluding ortho intramolecular Hbond substituents is 1. The van der Waals surface area contributed by atoms with Crippen LogP contribution in [0.5, 0.6) is 11.5 Å². The zero-order chi connectivity index (χ0) is 23.8. The molecule has 2 aliphatic heterocycles. The van der Waals surface area contributed by atoms with Gasteiger partial charge in [-0.3, -0.25) is 9.69 Å². The molecule has 5 nitrogen and oxygen atoms in total. The quantitative estimate of drug-likeness (QED) is 0.507. The lowest BCUT2D eigenvalue weighted by molar-refractivity contribution is 0.101. The summed E-state index contributed by atoms with van der Waals surface area (Å²) in [6, 6.07) is 15.4. The van der Waals surface area contributed by atoms with Gasteiger partial charge in [0.15, 0.2) is 5.76 Å². The lowest BCUT2D eigenvalue weighted by Gasteiger charge is -2.36. The van der Waals surface area contributed by atoms with Gasteiger partial charge in [-0.25, -0.2) is 4.39 Å². The van der Waals surface area contributed by atoms with Gasteiger partial charge in [0, 0.05) is 43.4 Å². The molecule has 34 heavy (non-hydrogen) atoms. The Kier molecular flexibility index (Phi) is 6.02. The summed E-state index contributed by atoms with van der Waals surface area (Å²) in [5, 5.41) is 11.3. The smallest absolute Gasteiger partial charge is 0.232 e. The SMILES string of the molecule is Cc1cc(O)c(CN2CCN(c3ccc(F)cc3)CC2)c2c1C(=O)/C(=C/c1ccccc1Cl)O2. The van der Waals surface area contributed by atoms with Crippen LogP contribution in [-0.4, -0.2) is 42.0 Å². The molecule has 0 aromatic heterocycles. The Bertz CT molecular complexity index is 1280. The van der Waals surface area contributed by atoms with Crippen LogP contribution < -0.4 is 9.64 Å². The zero-order valence-corrected chi connectivity index (χ0v) is 19.5. The van der Waals surface area contributed by atoms with Gasteiger partial charge in [0.2, 0.25) is 5.78 Å². The largest absolute Gasteiger partial charge is 0.507 e. The van der Waals surface area contributed by atoms with Crippen molar-refractivity contribution in [1.82, 2.24) is 4.90 Å². The molecule has 0 aliphatic carbocycles. The highest BCUT2D eigenvalue weighted by molar-refractivity contribution is 6.32. The molecule has 0 amide bonds. The molecule has 0 unspecified atom stereocenters. The molecule has 3 aromatic rings. The molecular formula is C27H24ClFN2O3. The Balaban J connectivity index is 1.36. The summed E-state index contributed by atoms with van der Waals surface area (Å²) in [5.74, 6) is 0.267. The summed E-state index contributed by atoms with van der Waals surface area (Å²) in [6.07, 6.45) is 1.65. The number of carbonyl (C=O) groups is 1. The Hall–Kier alpha value is -3.35. The predicted molar refractivity (Wildman–Crippen MR) is 131 cm³/mol. The van der Waals surface area contributed by atoms with Crippen molar-refractivity contribution in [2.75, 3.05) is 31.1 Å². The van der Waals surface area contributed by atoms with E-state index < -0.39 is 0 Å². The number of aryl methyl sites for hydroxylation is 1. The number of Topliss-reactive ketones (excluding diaryl/α,β-unsaturated/α-hetero) is 1. The van der Waals surface area contributed by atoms with Crippen LogP contribution >= 0.6 is 11.6 Å². The summed E-state index contributed by atoms with van der Waals surface area (Å²) in [6.45, 7) is 5.32. The number of halogens is 2. The number of phenols is 1. The minimum Gasteiger partial charge on any atom is -0.507 e. The number of allylic oxidation sites excluding steroid dienone is 1. The van der Waals surface area contributed by atoms with Gasteiger partial charge < -0.3 is 14.7 Å². The van der Waals surface area contributed by atoms with Crippen molar-refractivity contribution in [3.05, 3.63) is 93.5 Å².